The molecule has 0 aromatic carbocycles. The van der Waals surface area contributed by atoms with Crippen LogP contribution in [0.4, 0.5) is 0 Å². The second kappa shape index (κ2) is 8.34. The van der Waals surface area contributed by atoms with E-state index in [1.807, 2.05) is 0 Å². The zero-order valence-electron chi connectivity index (χ0n) is 10.1. The lowest BCUT2D eigenvalue weighted by Gasteiger charge is -2.12. The predicted molar refractivity (Wildman–Crippen MR) is 67.1 cm³/mol. The number of hydrogen-bond donors (Lipinski definition) is 2. The van der Waals surface area contributed by atoms with Crippen molar-refractivity contribution in [3.63, 3.8) is 0 Å². The second-order valence-electron chi connectivity index (χ2n) is 4.45. The maximum absolute atomic E-state index is 11.4. The molecule has 16 heavy (non-hydrogen) atoms. The highest BCUT2D eigenvalue weighted by Crippen LogP contribution is 2.19. The minimum Gasteiger partial charge on any atom is -0.356 e. The molecule has 0 unspecified atom stereocenters. The second-order valence-corrected chi connectivity index (χ2v) is 4.45. The van der Waals surface area contributed by atoms with Crippen molar-refractivity contribution in [3.8, 4) is 0 Å². The van der Waals surface area contributed by atoms with E-state index in [2.05, 4.69) is 11.4 Å². The van der Waals surface area contributed by atoms with Gasteiger partial charge in [0, 0.05) is 13.0 Å². The van der Waals surface area contributed by atoms with E-state index in [0.29, 0.717) is 13.0 Å². The van der Waals surface area contributed by atoms with Gasteiger partial charge in [-0.2, -0.15) is 0 Å². The van der Waals surface area contributed by atoms with E-state index in [0.717, 1.165) is 25.8 Å². The summed E-state index contributed by atoms with van der Waals surface area (Å²) in [6.45, 7) is 1.48. The number of allylic oxidation sites excluding steroid dienone is 1. The molecule has 3 heteroatoms. The Kier molecular flexibility index (Phi) is 6.90. The minimum absolute atomic E-state index is 0.171. The van der Waals surface area contributed by atoms with Crippen LogP contribution in [0.2, 0.25) is 0 Å². The summed E-state index contributed by atoms with van der Waals surface area (Å²) in [5, 5.41) is 2.97. The van der Waals surface area contributed by atoms with Gasteiger partial charge < -0.3 is 11.1 Å². The smallest absolute Gasteiger partial charge is 0.220 e. The first kappa shape index (κ1) is 13.2. The number of unbranched alkanes of at least 4 members (excludes halogenated alkanes) is 1. The molecule has 0 aromatic heterocycles. The van der Waals surface area contributed by atoms with Gasteiger partial charge in [-0.15, -0.1) is 0 Å². The molecule has 0 saturated heterocycles. The first-order valence-electron chi connectivity index (χ1n) is 6.47. The molecule has 0 spiro atoms. The normalized spacial score (nSPS) is 15.7. The van der Waals surface area contributed by atoms with Crippen LogP contribution in [0.1, 0.15) is 51.4 Å². The highest BCUT2D eigenvalue weighted by Gasteiger charge is 2.04. The fourth-order valence-electron chi connectivity index (χ4n) is 2.01. The zero-order chi connectivity index (χ0) is 11.6. The number of nitrogens with two attached hydrogens (primary N) is 1. The van der Waals surface area contributed by atoms with Crippen LogP contribution in [0.15, 0.2) is 11.6 Å². The molecule has 0 atom stereocenters. The maximum Gasteiger partial charge on any atom is 0.220 e. The maximum atomic E-state index is 11.4. The van der Waals surface area contributed by atoms with Gasteiger partial charge in [0.25, 0.3) is 0 Å². The fraction of sp³-hybridized carbons (Fsp3) is 0.769. The lowest BCUT2D eigenvalue weighted by Crippen LogP contribution is -2.24. The Hall–Kier alpha value is -0.830. The van der Waals surface area contributed by atoms with Gasteiger partial charge in [0.05, 0.1) is 0 Å². The van der Waals surface area contributed by atoms with Crippen molar-refractivity contribution in [1.29, 1.82) is 0 Å². The Bertz CT molecular complexity index is 236. The molecule has 0 aliphatic heterocycles. The minimum atomic E-state index is 0.171. The molecule has 1 amide bonds. The number of carbonyl (C=O) groups is 1. The van der Waals surface area contributed by atoms with Crippen LogP contribution >= 0.6 is 0 Å². The average molecular weight is 224 g/mol. The third-order valence-electron chi connectivity index (χ3n) is 3.01. The number of hydrogen-bond acceptors (Lipinski definition) is 2. The van der Waals surface area contributed by atoms with Crippen molar-refractivity contribution in [3.05, 3.63) is 11.6 Å². The number of nitrogens with one attached hydrogen (secondary N) is 1. The van der Waals surface area contributed by atoms with Gasteiger partial charge in [0.1, 0.15) is 0 Å². The van der Waals surface area contributed by atoms with Crippen LogP contribution < -0.4 is 11.1 Å². The van der Waals surface area contributed by atoms with Gasteiger partial charge in [0.15, 0.2) is 0 Å². The Morgan fingerprint density at radius 2 is 2.25 bits per heavy atom. The SMILES string of the molecule is NCCCCC(=O)NCCC1=CCCCC1. The summed E-state index contributed by atoms with van der Waals surface area (Å²) >= 11 is 0. The lowest BCUT2D eigenvalue weighted by atomic mass is 9.97. The Morgan fingerprint density at radius 3 is 2.94 bits per heavy atom. The quantitative estimate of drug-likeness (QED) is 0.514. The van der Waals surface area contributed by atoms with E-state index in [1.54, 1.807) is 0 Å². The van der Waals surface area contributed by atoms with Crippen LogP contribution in [0.5, 0.6) is 0 Å². The van der Waals surface area contributed by atoms with E-state index < -0.39 is 0 Å². The monoisotopic (exact) mass is 224 g/mol. The number of rotatable bonds is 7. The molecule has 0 fully saturated rings. The largest absolute Gasteiger partial charge is 0.356 e. The standard InChI is InChI=1S/C13H24N2O/c14-10-5-4-8-13(16)15-11-9-12-6-2-1-3-7-12/h6H,1-5,7-11,14H2,(H,15,16). The van der Waals surface area contributed by atoms with Crippen LogP contribution in [0.25, 0.3) is 0 Å². The number of carbonyl (C=O) groups excluding carboxylic acids is 1. The van der Waals surface area contributed by atoms with Crippen molar-refractivity contribution < 1.29 is 4.79 Å². The molecule has 92 valence electrons. The van der Waals surface area contributed by atoms with Gasteiger partial charge >= 0.3 is 0 Å². The highest BCUT2D eigenvalue weighted by molar-refractivity contribution is 5.75. The van der Waals surface area contributed by atoms with Crippen LogP contribution in [0, 0.1) is 0 Å². The summed E-state index contributed by atoms with van der Waals surface area (Å²) in [5.41, 5.74) is 6.89. The van der Waals surface area contributed by atoms with Crippen LogP contribution in [-0.4, -0.2) is 19.0 Å². The Labute approximate surface area is 98.5 Å². The summed E-state index contributed by atoms with van der Waals surface area (Å²) in [6.07, 6.45) is 10.9. The van der Waals surface area contributed by atoms with Crippen LogP contribution in [-0.2, 0) is 4.79 Å². The Morgan fingerprint density at radius 1 is 1.38 bits per heavy atom. The third-order valence-corrected chi connectivity index (χ3v) is 3.01. The van der Waals surface area contributed by atoms with Gasteiger partial charge in [0.2, 0.25) is 5.91 Å². The summed E-state index contributed by atoms with van der Waals surface area (Å²) < 4.78 is 0. The Balaban J connectivity index is 2.01. The molecule has 0 heterocycles. The average Bonchev–Trinajstić information content (AvgIpc) is 2.31. The topological polar surface area (TPSA) is 55.1 Å². The van der Waals surface area contributed by atoms with Crippen molar-refractivity contribution in [2.75, 3.05) is 13.1 Å². The first-order chi connectivity index (χ1) is 7.83. The molecule has 0 radical (unpaired) electrons. The first-order valence-corrected chi connectivity index (χ1v) is 6.47. The number of amides is 1. The van der Waals surface area contributed by atoms with Gasteiger partial charge in [-0.05, 0) is 51.5 Å². The van der Waals surface area contributed by atoms with Crippen molar-refractivity contribution in [1.82, 2.24) is 5.32 Å². The van der Waals surface area contributed by atoms with E-state index in [-0.39, 0.29) is 5.91 Å². The molecule has 0 saturated carbocycles. The highest BCUT2D eigenvalue weighted by atomic mass is 16.1. The molecule has 0 aromatic rings. The van der Waals surface area contributed by atoms with Gasteiger partial charge in [-0.1, -0.05) is 11.6 Å². The van der Waals surface area contributed by atoms with Gasteiger partial charge in [-0.3, -0.25) is 4.79 Å². The van der Waals surface area contributed by atoms with Gasteiger partial charge in [-0.25, -0.2) is 0 Å². The zero-order valence-corrected chi connectivity index (χ0v) is 10.1. The summed E-state index contributed by atoms with van der Waals surface area (Å²) in [5.74, 6) is 0.171. The van der Waals surface area contributed by atoms with Crippen LogP contribution in [0.3, 0.4) is 0 Å². The van der Waals surface area contributed by atoms with E-state index in [9.17, 15) is 4.79 Å². The molecule has 3 nitrogen and oxygen atoms in total. The summed E-state index contributed by atoms with van der Waals surface area (Å²) in [4.78, 5) is 11.4. The van der Waals surface area contributed by atoms with Crippen molar-refractivity contribution >= 4 is 5.91 Å². The van der Waals surface area contributed by atoms with E-state index in [4.69, 9.17) is 5.73 Å². The molecular weight excluding hydrogens is 200 g/mol. The summed E-state index contributed by atoms with van der Waals surface area (Å²) in [6, 6.07) is 0. The molecule has 1 rings (SSSR count). The van der Waals surface area contributed by atoms with Crippen molar-refractivity contribution in [2.45, 2.75) is 51.4 Å². The fourth-order valence-corrected chi connectivity index (χ4v) is 2.01. The third kappa shape index (κ3) is 5.91. The molecule has 1 aliphatic carbocycles. The van der Waals surface area contributed by atoms with E-state index >= 15 is 0 Å². The molecular formula is C13H24N2O. The molecule has 0 bridgehead atoms. The molecule has 3 N–H and O–H groups in total. The lowest BCUT2D eigenvalue weighted by molar-refractivity contribution is -0.121. The predicted octanol–water partition coefficient (Wildman–Crippen LogP) is 2.12. The molecule has 1 aliphatic rings. The van der Waals surface area contributed by atoms with Crippen molar-refractivity contribution in [2.24, 2.45) is 5.73 Å². The summed E-state index contributed by atoms with van der Waals surface area (Å²) in [7, 11) is 0. The van der Waals surface area contributed by atoms with E-state index in [1.165, 1.54) is 31.3 Å².